The summed E-state index contributed by atoms with van der Waals surface area (Å²) in [5, 5.41) is 7.10. The number of anilines is 1. The van der Waals surface area contributed by atoms with Gasteiger partial charge in [0, 0.05) is 17.2 Å². The van der Waals surface area contributed by atoms with E-state index in [0.717, 1.165) is 5.56 Å². The van der Waals surface area contributed by atoms with E-state index in [1.54, 1.807) is 24.3 Å². The van der Waals surface area contributed by atoms with E-state index in [-0.39, 0.29) is 23.1 Å². The molecule has 0 spiro atoms. The van der Waals surface area contributed by atoms with Crippen LogP contribution in [0.3, 0.4) is 0 Å². The predicted molar refractivity (Wildman–Crippen MR) is 93.4 cm³/mol. The number of benzene rings is 2. The fourth-order valence-corrected chi connectivity index (χ4v) is 2.47. The SMILES string of the molecule is O=C(Nc1cc(=O)[nH]c2nc(-c3ccccc3)nn12)c1ccccc1. The Bertz CT molecular complexity index is 1100. The van der Waals surface area contributed by atoms with E-state index in [4.69, 9.17) is 0 Å². The molecule has 1 amide bonds. The summed E-state index contributed by atoms with van der Waals surface area (Å²) < 4.78 is 1.41. The molecule has 4 aromatic rings. The highest BCUT2D eigenvalue weighted by Gasteiger charge is 2.13. The largest absolute Gasteiger partial charge is 0.306 e. The van der Waals surface area contributed by atoms with Crippen LogP contribution in [0, 0.1) is 0 Å². The minimum absolute atomic E-state index is 0.252. The maximum absolute atomic E-state index is 12.4. The Morgan fingerprint density at radius 3 is 2.40 bits per heavy atom. The summed E-state index contributed by atoms with van der Waals surface area (Å²) >= 11 is 0. The number of aromatic amines is 1. The second-order valence-corrected chi connectivity index (χ2v) is 5.38. The molecule has 25 heavy (non-hydrogen) atoms. The summed E-state index contributed by atoms with van der Waals surface area (Å²) in [5.41, 5.74) is 0.926. The predicted octanol–water partition coefficient (Wildman–Crippen LogP) is 2.34. The zero-order chi connectivity index (χ0) is 17.2. The zero-order valence-electron chi connectivity index (χ0n) is 13.0. The number of carbonyl (C=O) groups is 1. The fraction of sp³-hybridized carbons (Fsp3) is 0. The molecule has 122 valence electrons. The lowest BCUT2D eigenvalue weighted by Crippen LogP contribution is -2.18. The van der Waals surface area contributed by atoms with E-state index >= 15 is 0 Å². The highest BCUT2D eigenvalue weighted by molar-refractivity contribution is 6.03. The van der Waals surface area contributed by atoms with E-state index in [2.05, 4.69) is 20.4 Å². The van der Waals surface area contributed by atoms with E-state index < -0.39 is 0 Å². The fourth-order valence-electron chi connectivity index (χ4n) is 2.47. The summed E-state index contributed by atoms with van der Waals surface area (Å²) in [6.45, 7) is 0. The van der Waals surface area contributed by atoms with Crippen LogP contribution in [0.4, 0.5) is 5.82 Å². The van der Waals surface area contributed by atoms with Gasteiger partial charge in [0.15, 0.2) is 5.82 Å². The summed E-state index contributed by atoms with van der Waals surface area (Å²) in [5.74, 6) is 0.638. The Morgan fingerprint density at radius 2 is 1.68 bits per heavy atom. The van der Waals surface area contributed by atoms with Crippen molar-refractivity contribution in [3.05, 3.63) is 82.6 Å². The van der Waals surface area contributed by atoms with Crippen LogP contribution in [-0.4, -0.2) is 25.5 Å². The van der Waals surface area contributed by atoms with Crippen molar-refractivity contribution in [3.63, 3.8) is 0 Å². The topological polar surface area (TPSA) is 92.1 Å². The van der Waals surface area contributed by atoms with Crippen molar-refractivity contribution in [2.45, 2.75) is 0 Å². The molecule has 7 nitrogen and oxygen atoms in total. The van der Waals surface area contributed by atoms with Gasteiger partial charge in [-0.05, 0) is 12.1 Å². The molecule has 2 aromatic carbocycles. The van der Waals surface area contributed by atoms with E-state index in [1.807, 2.05) is 36.4 Å². The van der Waals surface area contributed by atoms with Crippen LogP contribution in [0.2, 0.25) is 0 Å². The molecule has 7 heteroatoms. The number of carbonyl (C=O) groups excluding carboxylic acids is 1. The molecule has 0 aliphatic carbocycles. The van der Waals surface area contributed by atoms with E-state index in [1.165, 1.54) is 10.6 Å². The van der Waals surface area contributed by atoms with Gasteiger partial charge in [-0.25, -0.2) is 0 Å². The number of H-pyrrole nitrogens is 1. The number of nitrogens with zero attached hydrogens (tertiary/aromatic N) is 3. The number of hydrogen-bond acceptors (Lipinski definition) is 4. The maximum atomic E-state index is 12.4. The van der Waals surface area contributed by atoms with Crippen molar-refractivity contribution in [2.24, 2.45) is 0 Å². The van der Waals surface area contributed by atoms with Crippen LogP contribution in [0.15, 0.2) is 71.5 Å². The Labute approximate surface area is 142 Å². The van der Waals surface area contributed by atoms with Crippen molar-refractivity contribution in [1.29, 1.82) is 0 Å². The number of aromatic nitrogens is 4. The quantitative estimate of drug-likeness (QED) is 0.603. The van der Waals surface area contributed by atoms with Gasteiger partial charge in [0.2, 0.25) is 5.78 Å². The minimum Gasteiger partial charge on any atom is -0.306 e. The number of rotatable bonds is 3. The molecule has 0 fully saturated rings. The zero-order valence-corrected chi connectivity index (χ0v) is 13.0. The third-order valence-electron chi connectivity index (χ3n) is 3.65. The van der Waals surface area contributed by atoms with Gasteiger partial charge in [-0.3, -0.25) is 14.6 Å². The van der Waals surface area contributed by atoms with Gasteiger partial charge in [-0.1, -0.05) is 48.5 Å². The van der Waals surface area contributed by atoms with Gasteiger partial charge < -0.3 is 5.32 Å². The van der Waals surface area contributed by atoms with Crippen LogP contribution in [0.5, 0.6) is 0 Å². The third kappa shape index (κ3) is 2.90. The van der Waals surface area contributed by atoms with Crippen LogP contribution in [-0.2, 0) is 0 Å². The number of nitrogens with one attached hydrogen (secondary N) is 2. The highest BCUT2D eigenvalue weighted by Crippen LogP contribution is 2.16. The summed E-state index contributed by atoms with van der Waals surface area (Å²) in [6, 6.07) is 19.4. The first-order chi connectivity index (χ1) is 12.2. The third-order valence-corrected chi connectivity index (χ3v) is 3.65. The maximum Gasteiger partial charge on any atom is 0.256 e. The van der Waals surface area contributed by atoms with Gasteiger partial charge >= 0.3 is 0 Å². The molecule has 0 atom stereocenters. The standard InChI is InChI=1S/C18H13N5O2/c24-15-11-14(19-17(25)13-9-5-2-6-10-13)23-18(20-15)21-16(22-23)12-7-3-1-4-8-12/h1-11H,(H,19,25)(H,20,21,22,24). The molecule has 0 saturated heterocycles. The molecule has 0 bridgehead atoms. The number of hydrogen-bond donors (Lipinski definition) is 2. The van der Waals surface area contributed by atoms with Crippen molar-refractivity contribution in [1.82, 2.24) is 19.6 Å². The Morgan fingerprint density at radius 1 is 1.00 bits per heavy atom. The average Bonchev–Trinajstić information content (AvgIpc) is 3.07. The van der Waals surface area contributed by atoms with Crippen molar-refractivity contribution < 1.29 is 4.79 Å². The molecular formula is C18H13N5O2. The highest BCUT2D eigenvalue weighted by atomic mass is 16.2. The average molecular weight is 331 g/mol. The monoisotopic (exact) mass is 331 g/mol. The first kappa shape index (κ1) is 14.8. The Kier molecular flexibility index (Phi) is 3.59. The van der Waals surface area contributed by atoms with Crippen LogP contribution in [0.1, 0.15) is 10.4 Å². The van der Waals surface area contributed by atoms with Crippen molar-refractivity contribution >= 4 is 17.5 Å². The lowest BCUT2D eigenvalue weighted by Gasteiger charge is -2.06. The van der Waals surface area contributed by atoms with Gasteiger partial charge in [0.1, 0.15) is 5.82 Å². The van der Waals surface area contributed by atoms with Crippen molar-refractivity contribution in [2.75, 3.05) is 5.32 Å². The van der Waals surface area contributed by atoms with Crippen LogP contribution in [0.25, 0.3) is 17.2 Å². The van der Waals surface area contributed by atoms with Crippen LogP contribution >= 0.6 is 0 Å². The van der Waals surface area contributed by atoms with Crippen LogP contribution < -0.4 is 10.9 Å². The lowest BCUT2D eigenvalue weighted by molar-refractivity contribution is 0.102. The molecule has 0 radical (unpaired) electrons. The molecular weight excluding hydrogens is 318 g/mol. The van der Waals surface area contributed by atoms with Gasteiger partial charge in [0.25, 0.3) is 11.5 Å². The van der Waals surface area contributed by atoms with E-state index in [0.29, 0.717) is 11.4 Å². The molecule has 0 aliphatic rings. The Hall–Kier alpha value is -3.74. The molecule has 0 unspecified atom stereocenters. The summed E-state index contributed by atoms with van der Waals surface area (Å²) in [6.07, 6.45) is 0. The minimum atomic E-state index is -0.372. The smallest absolute Gasteiger partial charge is 0.256 e. The number of amides is 1. The van der Waals surface area contributed by atoms with Gasteiger partial charge in [-0.2, -0.15) is 9.50 Å². The normalized spacial score (nSPS) is 10.7. The van der Waals surface area contributed by atoms with Gasteiger partial charge in [-0.15, -0.1) is 5.10 Å². The molecule has 2 N–H and O–H groups in total. The molecule has 2 heterocycles. The molecule has 0 aliphatic heterocycles. The summed E-state index contributed by atoms with van der Waals surface area (Å²) in [7, 11) is 0. The second kappa shape index (κ2) is 6.04. The first-order valence-electron chi connectivity index (χ1n) is 7.62. The molecule has 4 rings (SSSR count). The van der Waals surface area contributed by atoms with Crippen molar-refractivity contribution in [3.8, 4) is 11.4 Å². The van der Waals surface area contributed by atoms with Gasteiger partial charge in [0.05, 0.1) is 0 Å². The number of fused-ring (bicyclic) bond motifs is 1. The van der Waals surface area contributed by atoms with E-state index in [9.17, 15) is 9.59 Å². The molecule has 2 aromatic heterocycles. The molecule has 0 saturated carbocycles. The second-order valence-electron chi connectivity index (χ2n) is 5.38. The lowest BCUT2D eigenvalue weighted by atomic mass is 10.2. The summed E-state index contributed by atoms with van der Waals surface area (Å²) in [4.78, 5) is 31.2. The Balaban J connectivity index is 1.77. The first-order valence-corrected chi connectivity index (χ1v) is 7.62.